The van der Waals surface area contributed by atoms with Gasteiger partial charge in [0.15, 0.2) is 5.52 Å². The molecule has 3 rings (SSSR count). The van der Waals surface area contributed by atoms with Gasteiger partial charge in [-0.25, -0.2) is 9.78 Å². The Morgan fingerprint density at radius 1 is 1.03 bits per heavy atom. The number of carbonyl (C=O) groups is 2. The minimum absolute atomic E-state index is 0.0766. The Morgan fingerprint density at radius 3 is 2.29 bits per heavy atom. The smallest absolute Gasteiger partial charge is 0.326 e. The summed E-state index contributed by atoms with van der Waals surface area (Å²) in [6, 6.07) is 10.3. The zero-order valence-electron chi connectivity index (χ0n) is 20.2. The van der Waals surface area contributed by atoms with Gasteiger partial charge in [-0.05, 0) is 62.6 Å². The normalized spacial score (nSPS) is 11.6. The molecule has 0 aliphatic heterocycles. The number of anilines is 2. The third-order valence-corrected chi connectivity index (χ3v) is 5.67. The van der Waals surface area contributed by atoms with Crippen LogP contribution in [0.3, 0.4) is 0 Å². The zero-order valence-corrected chi connectivity index (χ0v) is 20.2. The van der Waals surface area contributed by atoms with Gasteiger partial charge >= 0.3 is 5.69 Å². The third-order valence-electron chi connectivity index (χ3n) is 5.67. The summed E-state index contributed by atoms with van der Waals surface area (Å²) in [5.74, 6) is -0.632. The van der Waals surface area contributed by atoms with Crippen LogP contribution in [-0.4, -0.2) is 25.9 Å². The number of amides is 2. The van der Waals surface area contributed by atoms with Crippen LogP contribution >= 0.6 is 0 Å². The van der Waals surface area contributed by atoms with E-state index in [1.165, 1.54) is 4.57 Å². The molecule has 0 bridgehead atoms. The number of hydrogen-bond acceptors (Lipinski definition) is 6. The number of aromatic nitrogens is 3. The highest BCUT2D eigenvalue weighted by atomic mass is 16.2. The van der Waals surface area contributed by atoms with Crippen molar-refractivity contribution in [3.63, 3.8) is 0 Å². The Hall–Kier alpha value is -4.26. The molecule has 0 aliphatic rings. The Bertz CT molecular complexity index is 1450. The average Bonchev–Trinajstić information content (AvgIpc) is 2.80. The predicted octanol–water partition coefficient (Wildman–Crippen LogP) is 2.77. The van der Waals surface area contributed by atoms with E-state index in [0.717, 1.165) is 10.1 Å². The van der Waals surface area contributed by atoms with Crippen molar-refractivity contribution in [2.75, 3.05) is 10.6 Å². The summed E-state index contributed by atoms with van der Waals surface area (Å²) >= 11 is 0. The second kappa shape index (κ2) is 10.8. The Labute approximate surface area is 202 Å². The van der Waals surface area contributed by atoms with Crippen LogP contribution in [0.25, 0.3) is 11.0 Å². The Kier molecular flexibility index (Phi) is 7.81. The van der Waals surface area contributed by atoms with Crippen LogP contribution in [-0.2, 0) is 22.7 Å². The molecule has 2 aromatic heterocycles. The monoisotopic (exact) mass is 476 g/mol. The molecule has 182 valence electrons. The summed E-state index contributed by atoms with van der Waals surface area (Å²) in [7, 11) is 0. The lowest BCUT2D eigenvalue weighted by atomic mass is 10.0. The fourth-order valence-electron chi connectivity index (χ4n) is 3.92. The molecule has 10 heteroatoms. The topological polar surface area (TPSA) is 139 Å². The molecule has 0 radical (unpaired) electrons. The largest absolute Gasteiger partial charge is 0.331 e. The van der Waals surface area contributed by atoms with Crippen LogP contribution < -0.4 is 21.9 Å². The van der Waals surface area contributed by atoms with Gasteiger partial charge in [0.05, 0.1) is 17.1 Å². The predicted molar refractivity (Wildman–Crippen MR) is 133 cm³/mol. The Morgan fingerprint density at radius 2 is 1.69 bits per heavy atom. The summed E-state index contributed by atoms with van der Waals surface area (Å²) in [5.41, 5.74) is 1.52. The molecule has 2 heterocycles. The fraction of sp³-hybridized carbons (Fsp3) is 0.360. The Balaban J connectivity index is 1.66. The van der Waals surface area contributed by atoms with Crippen molar-refractivity contribution in [2.45, 2.75) is 53.6 Å². The van der Waals surface area contributed by atoms with E-state index in [1.54, 1.807) is 58.0 Å². The van der Waals surface area contributed by atoms with Crippen molar-refractivity contribution < 1.29 is 9.59 Å². The third kappa shape index (κ3) is 5.63. The quantitative estimate of drug-likeness (QED) is 0.513. The number of carbonyl (C=O) groups excluding carboxylic acids is 2. The van der Waals surface area contributed by atoms with E-state index in [9.17, 15) is 19.2 Å². The molecule has 0 saturated heterocycles. The van der Waals surface area contributed by atoms with Gasteiger partial charge in [-0.15, -0.1) is 0 Å². The van der Waals surface area contributed by atoms with E-state index in [2.05, 4.69) is 21.7 Å². The van der Waals surface area contributed by atoms with Gasteiger partial charge in [-0.3, -0.25) is 23.5 Å². The van der Waals surface area contributed by atoms with Crippen LogP contribution in [0.1, 0.15) is 44.7 Å². The molecule has 3 aromatic rings. The van der Waals surface area contributed by atoms with E-state index in [4.69, 9.17) is 5.26 Å². The first-order valence-electron chi connectivity index (χ1n) is 11.4. The SMILES string of the molecule is CCn1c(=O)c2nc(NC(=O)CC(C)CC(=O)Nc3ccc(C#N)c(C)c3)ccc2n(CC)c1=O. The summed E-state index contributed by atoms with van der Waals surface area (Å²) in [5, 5.41) is 14.5. The summed E-state index contributed by atoms with van der Waals surface area (Å²) in [6.45, 7) is 7.69. The number of nitrogens with zero attached hydrogens (tertiary/aromatic N) is 4. The number of pyridine rings is 1. The van der Waals surface area contributed by atoms with Gasteiger partial charge in [0.2, 0.25) is 11.8 Å². The molecular weight excluding hydrogens is 448 g/mol. The molecule has 0 fully saturated rings. The lowest BCUT2D eigenvalue weighted by molar-refractivity contribution is -0.118. The average molecular weight is 477 g/mol. The van der Waals surface area contributed by atoms with Crippen LogP contribution in [0.4, 0.5) is 11.5 Å². The lowest BCUT2D eigenvalue weighted by Gasteiger charge is -2.14. The molecule has 0 saturated carbocycles. The summed E-state index contributed by atoms with van der Waals surface area (Å²) in [6.07, 6.45) is 0.203. The molecule has 1 atom stereocenters. The van der Waals surface area contributed by atoms with Gasteiger partial charge in [0, 0.05) is 31.6 Å². The van der Waals surface area contributed by atoms with E-state index in [0.29, 0.717) is 23.3 Å². The fourth-order valence-corrected chi connectivity index (χ4v) is 3.92. The van der Waals surface area contributed by atoms with Crippen molar-refractivity contribution in [2.24, 2.45) is 5.92 Å². The number of rotatable bonds is 8. The molecule has 0 aliphatic carbocycles. The van der Waals surface area contributed by atoms with E-state index < -0.39 is 11.2 Å². The second-order valence-corrected chi connectivity index (χ2v) is 8.39. The number of fused-ring (bicyclic) bond motifs is 1. The number of hydrogen-bond donors (Lipinski definition) is 2. The zero-order chi connectivity index (χ0) is 25.7. The highest BCUT2D eigenvalue weighted by Crippen LogP contribution is 2.17. The number of nitrogens with one attached hydrogen (secondary N) is 2. The molecule has 1 unspecified atom stereocenters. The van der Waals surface area contributed by atoms with Crippen molar-refractivity contribution in [3.8, 4) is 6.07 Å². The van der Waals surface area contributed by atoms with E-state index in [-0.39, 0.29) is 48.5 Å². The molecule has 1 aromatic carbocycles. The number of benzene rings is 1. The van der Waals surface area contributed by atoms with Gasteiger partial charge in [0.1, 0.15) is 5.82 Å². The van der Waals surface area contributed by atoms with Crippen molar-refractivity contribution in [1.82, 2.24) is 14.1 Å². The first-order chi connectivity index (χ1) is 16.7. The number of nitriles is 1. The number of aryl methyl sites for hydroxylation is 2. The van der Waals surface area contributed by atoms with Crippen molar-refractivity contribution in [1.29, 1.82) is 5.26 Å². The van der Waals surface area contributed by atoms with Gasteiger partial charge in [0.25, 0.3) is 5.56 Å². The minimum atomic E-state index is -0.503. The standard InChI is InChI=1S/C25H28N6O4/c1-5-30-19-9-10-20(29-23(19)24(34)31(6-2)25(30)35)28-22(33)12-15(3)11-21(32)27-18-8-7-17(14-26)16(4)13-18/h7-10,13,15H,5-6,11-12H2,1-4H3,(H,27,32)(H,28,29,33). The molecule has 35 heavy (non-hydrogen) atoms. The highest BCUT2D eigenvalue weighted by molar-refractivity contribution is 5.93. The van der Waals surface area contributed by atoms with Crippen molar-refractivity contribution >= 4 is 34.4 Å². The first kappa shape index (κ1) is 25.4. The molecule has 10 nitrogen and oxygen atoms in total. The van der Waals surface area contributed by atoms with Crippen LogP contribution in [0.5, 0.6) is 0 Å². The van der Waals surface area contributed by atoms with Gasteiger partial charge in [-0.1, -0.05) is 6.92 Å². The second-order valence-electron chi connectivity index (χ2n) is 8.39. The van der Waals surface area contributed by atoms with Crippen LogP contribution in [0, 0.1) is 24.2 Å². The van der Waals surface area contributed by atoms with Gasteiger partial charge < -0.3 is 10.6 Å². The summed E-state index contributed by atoms with van der Waals surface area (Å²) < 4.78 is 2.58. The molecular formula is C25H28N6O4. The van der Waals surface area contributed by atoms with Crippen molar-refractivity contribution in [3.05, 3.63) is 62.3 Å². The molecule has 2 amide bonds. The maximum atomic E-state index is 12.7. The maximum absolute atomic E-state index is 12.7. The van der Waals surface area contributed by atoms with E-state index in [1.807, 2.05) is 0 Å². The lowest BCUT2D eigenvalue weighted by Crippen LogP contribution is -2.39. The van der Waals surface area contributed by atoms with Gasteiger partial charge in [-0.2, -0.15) is 5.26 Å². The first-order valence-corrected chi connectivity index (χ1v) is 11.4. The highest BCUT2D eigenvalue weighted by Gasteiger charge is 2.17. The molecule has 2 N–H and O–H groups in total. The minimum Gasteiger partial charge on any atom is -0.326 e. The van der Waals surface area contributed by atoms with Crippen LogP contribution in [0.2, 0.25) is 0 Å². The van der Waals surface area contributed by atoms with E-state index >= 15 is 0 Å². The summed E-state index contributed by atoms with van der Waals surface area (Å²) in [4.78, 5) is 54.4. The van der Waals surface area contributed by atoms with Crippen LogP contribution in [0.15, 0.2) is 39.9 Å². The maximum Gasteiger partial charge on any atom is 0.331 e. The molecule has 0 spiro atoms.